The summed E-state index contributed by atoms with van der Waals surface area (Å²) in [6, 6.07) is 2.73. The van der Waals surface area contributed by atoms with Crippen molar-refractivity contribution in [2.24, 2.45) is 5.92 Å². The van der Waals surface area contributed by atoms with Gasteiger partial charge in [-0.25, -0.2) is 4.39 Å². The van der Waals surface area contributed by atoms with Gasteiger partial charge in [-0.15, -0.1) is 0 Å². The lowest BCUT2D eigenvalue weighted by molar-refractivity contribution is -0.124. The molecule has 0 bridgehead atoms. The van der Waals surface area contributed by atoms with Crippen LogP contribution < -0.4 is 15.8 Å². The van der Waals surface area contributed by atoms with Crippen LogP contribution in [0.5, 0.6) is 5.75 Å². The number of carbonyl (C=O) groups is 1. The maximum atomic E-state index is 13.5. The highest BCUT2D eigenvalue weighted by molar-refractivity contribution is 5.77. The van der Waals surface area contributed by atoms with E-state index in [1.807, 2.05) is 20.8 Å². The highest BCUT2D eigenvalue weighted by Crippen LogP contribution is 2.23. The fourth-order valence-corrected chi connectivity index (χ4v) is 1.39. The average molecular weight is 268 g/mol. The smallest absolute Gasteiger partial charge is 0.258 e. The largest absolute Gasteiger partial charge is 0.481 e. The summed E-state index contributed by atoms with van der Waals surface area (Å²) in [5.74, 6) is -0.457. The molecule has 1 aromatic rings. The predicted octanol–water partition coefficient (Wildman–Crippen LogP) is 2.26. The minimum atomic E-state index is -0.562. The molecule has 0 heterocycles. The minimum Gasteiger partial charge on any atom is -0.481 e. The van der Waals surface area contributed by atoms with Crippen molar-refractivity contribution >= 4 is 11.6 Å². The number of hydrogen-bond donors (Lipinski definition) is 2. The van der Waals surface area contributed by atoms with E-state index in [-0.39, 0.29) is 24.3 Å². The molecule has 19 heavy (non-hydrogen) atoms. The Bertz CT molecular complexity index is 461. The van der Waals surface area contributed by atoms with Crippen molar-refractivity contribution < 1.29 is 13.9 Å². The lowest BCUT2D eigenvalue weighted by atomic mass is 10.1. The second-order valence-electron chi connectivity index (χ2n) is 5.03. The molecule has 106 valence electrons. The summed E-state index contributed by atoms with van der Waals surface area (Å²) < 4.78 is 18.7. The van der Waals surface area contributed by atoms with Gasteiger partial charge >= 0.3 is 0 Å². The van der Waals surface area contributed by atoms with Crippen molar-refractivity contribution in [2.45, 2.75) is 33.7 Å². The lowest BCUT2D eigenvalue weighted by Gasteiger charge is -2.17. The number of rotatable bonds is 5. The summed E-state index contributed by atoms with van der Waals surface area (Å²) >= 11 is 0. The molecule has 0 fully saturated rings. The zero-order valence-electron chi connectivity index (χ0n) is 11.8. The van der Waals surface area contributed by atoms with E-state index in [9.17, 15) is 9.18 Å². The molecule has 0 radical (unpaired) electrons. The number of carbonyl (C=O) groups excluding carboxylic acids is 1. The number of anilines is 1. The highest BCUT2D eigenvalue weighted by Gasteiger charge is 2.13. The number of amides is 1. The standard InChI is InChI=1S/C14H21FN2O2/c1-8(2)10(4)17-14(18)7-19-13-5-9(3)12(16)6-11(13)15/h5-6,8,10H,7,16H2,1-4H3,(H,17,18). The zero-order valence-corrected chi connectivity index (χ0v) is 11.8. The van der Waals surface area contributed by atoms with E-state index < -0.39 is 5.82 Å². The first-order chi connectivity index (χ1) is 8.81. The van der Waals surface area contributed by atoms with Gasteiger partial charge in [-0.1, -0.05) is 13.8 Å². The van der Waals surface area contributed by atoms with Crippen LogP contribution >= 0.6 is 0 Å². The topological polar surface area (TPSA) is 64.3 Å². The Hall–Kier alpha value is -1.78. The maximum Gasteiger partial charge on any atom is 0.258 e. The van der Waals surface area contributed by atoms with Gasteiger partial charge in [0.15, 0.2) is 18.2 Å². The minimum absolute atomic E-state index is 0.0408. The molecular weight excluding hydrogens is 247 g/mol. The van der Waals surface area contributed by atoms with Gasteiger partial charge in [-0.05, 0) is 31.4 Å². The summed E-state index contributed by atoms with van der Waals surface area (Å²) in [5, 5.41) is 2.78. The molecule has 1 amide bonds. The summed E-state index contributed by atoms with van der Waals surface area (Å²) in [6.45, 7) is 7.47. The Labute approximate surface area is 113 Å². The van der Waals surface area contributed by atoms with E-state index >= 15 is 0 Å². The van der Waals surface area contributed by atoms with Gasteiger partial charge in [0.2, 0.25) is 0 Å². The van der Waals surface area contributed by atoms with E-state index in [0.29, 0.717) is 17.2 Å². The maximum absolute atomic E-state index is 13.5. The van der Waals surface area contributed by atoms with Crippen molar-refractivity contribution in [3.63, 3.8) is 0 Å². The normalized spacial score (nSPS) is 12.3. The van der Waals surface area contributed by atoms with Crippen molar-refractivity contribution in [1.29, 1.82) is 0 Å². The summed E-state index contributed by atoms with van der Waals surface area (Å²) in [6.07, 6.45) is 0. The van der Waals surface area contributed by atoms with Gasteiger partial charge in [0.05, 0.1) is 0 Å². The Balaban J connectivity index is 2.58. The van der Waals surface area contributed by atoms with Crippen molar-refractivity contribution in [2.75, 3.05) is 12.3 Å². The van der Waals surface area contributed by atoms with Crippen molar-refractivity contribution in [1.82, 2.24) is 5.32 Å². The monoisotopic (exact) mass is 268 g/mol. The van der Waals surface area contributed by atoms with Crippen LogP contribution in [-0.2, 0) is 4.79 Å². The molecule has 3 N–H and O–H groups in total. The molecule has 0 aliphatic carbocycles. The summed E-state index contributed by atoms with van der Waals surface area (Å²) in [5.41, 5.74) is 6.65. The van der Waals surface area contributed by atoms with Crippen LogP contribution in [0.25, 0.3) is 0 Å². The molecule has 0 spiro atoms. The molecule has 0 aliphatic heterocycles. The number of nitrogens with one attached hydrogen (secondary N) is 1. The van der Waals surface area contributed by atoms with Crippen LogP contribution in [0.4, 0.5) is 10.1 Å². The SMILES string of the molecule is Cc1cc(OCC(=O)NC(C)C(C)C)c(F)cc1N. The van der Waals surface area contributed by atoms with Crippen molar-refractivity contribution in [3.05, 3.63) is 23.5 Å². The number of nitrogens with two attached hydrogens (primary N) is 1. The van der Waals surface area contributed by atoms with Gasteiger partial charge in [0.1, 0.15) is 0 Å². The molecule has 1 atom stereocenters. The van der Waals surface area contributed by atoms with Gasteiger partial charge in [-0.3, -0.25) is 4.79 Å². The van der Waals surface area contributed by atoms with E-state index in [1.54, 1.807) is 6.92 Å². The molecule has 0 aromatic heterocycles. The quantitative estimate of drug-likeness (QED) is 0.805. The summed E-state index contributed by atoms with van der Waals surface area (Å²) in [7, 11) is 0. The van der Waals surface area contributed by atoms with Crippen LogP contribution in [0.3, 0.4) is 0 Å². The van der Waals surface area contributed by atoms with Crippen LogP contribution in [0, 0.1) is 18.7 Å². The van der Waals surface area contributed by atoms with Crippen molar-refractivity contribution in [3.8, 4) is 5.75 Å². The molecule has 5 heteroatoms. The van der Waals surface area contributed by atoms with Crippen LogP contribution in [0.1, 0.15) is 26.3 Å². The first kappa shape index (κ1) is 15.3. The Morgan fingerprint density at radius 1 is 1.42 bits per heavy atom. The van der Waals surface area contributed by atoms with E-state index in [0.717, 1.165) is 0 Å². The van der Waals surface area contributed by atoms with Crippen LogP contribution in [0.15, 0.2) is 12.1 Å². The van der Waals surface area contributed by atoms with Gasteiger partial charge in [0.25, 0.3) is 5.91 Å². The Morgan fingerprint density at radius 3 is 2.63 bits per heavy atom. The third-order valence-corrected chi connectivity index (χ3v) is 3.07. The average Bonchev–Trinajstić information content (AvgIpc) is 2.32. The van der Waals surface area contributed by atoms with E-state index in [4.69, 9.17) is 10.5 Å². The third kappa shape index (κ3) is 4.43. The number of halogens is 1. The molecular formula is C14H21FN2O2. The number of hydrogen-bond acceptors (Lipinski definition) is 3. The number of nitrogen functional groups attached to an aromatic ring is 1. The molecule has 0 saturated carbocycles. The molecule has 1 rings (SSSR count). The van der Waals surface area contributed by atoms with Crippen LogP contribution in [-0.4, -0.2) is 18.6 Å². The first-order valence-corrected chi connectivity index (χ1v) is 6.29. The molecule has 0 aliphatic rings. The summed E-state index contributed by atoms with van der Waals surface area (Å²) in [4.78, 5) is 11.6. The fourth-order valence-electron chi connectivity index (χ4n) is 1.39. The Kier molecular flexibility index (Phi) is 5.15. The zero-order chi connectivity index (χ0) is 14.6. The van der Waals surface area contributed by atoms with Gasteiger partial charge in [0, 0.05) is 17.8 Å². The predicted molar refractivity (Wildman–Crippen MR) is 73.5 cm³/mol. The van der Waals surface area contributed by atoms with E-state index in [1.165, 1.54) is 12.1 Å². The van der Waals surface area contributed by atoms with Crippen LogP contribution in [0.2, 0.25) is 0 Å². The number of ether oxygens (including phenoxy) is 1. The molecule has 1 aromatic carbocycles. The third-order valence-electron chi connectivity index (χ3n) is 3.07. The fraction of sp³-hybridized carbons (Fsp3) is 0.500. The molecule has 4 nitrogen and oxygen atoms in total. The van der Waals surface area contributed by atoms with E-state index in [2.05, 4.69) is 5.32 Å². The molecule has 0 saturated heterocycles. The van der Waals surface area contributed by atoms with Gasteiger partial charge < -0.3 is 15.8 Å². The lowest BCUT2D eigenvalue weighted by Crippen LogP contribution is -2.39. The second-order valence-corrected chi connectivity index (χ2v) is 5.03. The second kappa shape index (κ2) is 6.41. The highest BCUT2D eigenvalue weighted by atomic mass is 19.1. The van der Waals surface area contributed by atoms with Gasteiger partial charge in [-0.2, -0.15) is 0 Å². The Morgan fingerprint density at radius 2 is 2.05 bits per heavy atom. The number of aryl methyl sites for hydroxylation is 1. The number of benzene rings is 1. The molecule has 1 unspecified atom stereocenters. The first-order valence-electron chi connectivity index (χ1n) is 6.29.